The molecule has 2 unspecified atom stereocenters. The van der Waals surface area contributed by atoms with Crippen LogP contribution in [0.4, 0.5) is 0 Å². The molecule has 0 bridgehead atoms. The highest BCUT2D eigenvalue weighted by molar-refractivity contribution is 5.93. The Labute approximate surface area is 228 Å². The third-order valence-corrected chi connectivity index (χ3v) is 6.98. The quantitative estimate of drug-likeness (QED) is 0.367. The smallest absolute Gasteiger partial charge is 0.243 e. The number of benzene rings is 2. The second-order valence-corrected chi connectivity index (χ2v) is 11.9. The minimum Gasteiger partial charge on any atom is -0.354 e. The largest absolute Gasteiger partial charge is 0.354 e. The van der Waals surface area contributed by atoms with Crippen molar-refractivity contribution in [1.29, 1.82) is 0 Å². The fourth-order valence-electron chi connectivity index (χ4n) is 4.89. The van der Waals surface area contributed by atoms with Gasteiger partial charge < -0.3 is 20.9 Å². The molecular formula is C31H46N4O3. The van der Waals surface area contributed by atoms with Gasteiger partial charge in [-0.05, 0) is 61.0 Å². The van der Waals surface area contributed by atoms with Crippen molar-refractivity contribution in [1.82, 2.24) is 20.9 Å². The normalized spacial score (nSPS) is 16.6. The first-order valence-electron chi connectivity index (χ1n) is 14.1. The van der Waals surface area contributed by atoms with Crippen molar-refractivity contribution < 1.29 is 14.4 Å². The lowest BCUT2D eigenvalue weighted by Crippen LogP contribution is -2.55. The molecule has 0 saturated carbocycles. The number of nitrogens with zero attached hydrogens (tertiary/aromatic N) is 1. The summed E-state index contributed by atoms with van der Waals surface area (Å²) in [5.41, 5.74) is 0.422. The fraction of sp³-hybridized carbons (Fsp3) is 0.581. The predicted octanol–water partition coefficient (Wildman–Crippen LogP) is 4.05. The van der Waals surface area contributed by atoms with E-state index < -0.39 is 17.5 Å². The number of likely N-dealkylation sites (tertiary alicyclic amines) is 1. The van der Waals surface area contributed by atoms with Gasteiger partial charge in [0.2, 0.25) is 17.7 Å². The molecule has 2 aromatic rings. The molecule has 0 radical (unpaired) electrons. The van der Waals surface area contributed by atoms with Gasteiger partial charge in [0.05, 0.1) is 0 Å². The summed E-state index contributed by atoms with van der Waals surface area (Å²) in [5, 5.41) is 11.7. The Morgan fingerprint density at radius 2 is 1.71 bits per heavy atom. The summed E-state index contributed by atoms with van der Waals surface area (Å²) < 4.78 is 0. The molecule has 1 fully saturated rings. The number of carbonyl (C=O) groups is 3. The first kappa shape index (κ1) is 29.6. The van der Waals surface area contributed by atoms with E-state index in [9.17, 15) is 14.4 Å². The average molecular weight is 523 g/mol. The third-order valence-electron chi connectivity index (χ3n) is 6.98. The Bertz CT molecular complexity index is 1090. The summed E-state index contributed by atoms with van der Waals surface area (Å²) in [6.07, 6.45) is 3.62. The highest BCUT2D eigenvalue weighted by atomic mass is 16.2. The molecule has 7 nitrogen and oxygen atoms in total. The maximum Gasteiger partial charge on any atom is 0.243 e. The van der Waals surface area contributed by atoms with E-state index in [4.69, 9.17) is 0 Å². The van der Waals surface area contributed by atoms with Crippen molar-refractivity contribution >= 4 is 28.5 Å². The van der Waals surface area contributed by atoms with Gasteiger partial charge >= 0.3 is 0 Å². The van der Waals surface area contributed by atoms with Gasteiger partial charge in [-0.15, -0.1) is 0 Å². The highest BCUT2D eigenvalue weighted by Gasteiger charge is 2.39. The van der Waals surface area contributed by atoms with Crippen LogP contribution < -0.4 is 16.0 Å². The summed E-state index contributed by atoms with van der Waals surface area (Å²) in [4.78, 5) is 41.4. The van der Waals surface area contributed by atoms with E-state index >= 15 is 0 Å². The second-order valence-electron chi connectivity index (χ2n) is 11.9. The Balaban J connectivity index is 1.67. The molecule has 0 spiro atoms. The Kier molecular flexibility index (Phi) is 10.7. The standard InChI is InChI=1S/C31H46N4O3/c1-22(2)21-32-16-8-9-17-33-28(36)26(20-23-14-15-24-11-6-7-12-25(24)19-23)34-29(37)27-13-10-18-35(27)30(38)31(3,4)5/h6-7,11-12,14-15,19,22,26-27,32H,8-10,13,16-18,20-21H2,1-5H3,(H,33,36)(H,34,37). The molecule has 3 amide bonds. The first-order chi connectivity index (χ1) is 18.1. The van der Waals surface area contributed by atoms with Crippen LogP contribution in [-0.4, -0.2) is 60.9 Å². The highest BCUT2D eigenvalue weighted by Crippen LogP contribution is 2.26. The van der Waals surface area contributed by atoms with Crippen LogP contribution in [0, 0.1) is 11.3 Å². The molecular weight excluding hydrogens is 476 g/mol. The predicted molar refractivity (Wildman–Crippen MR) is 154 cm³/mol. The molecule has 1 aliphatic heterocycles. The van der Waals surface area contributed by atoms with E-state index in [1.54, 1.807) is 4.90 Å². The number of unbranched alkanes of at least 4 members (excludes halogenated alkanes) is 1. The van der Waals surface area contributed by atoms with Gasteiger partial charge in [-0.25, -0.2) is 0 Å². The monoisotopic (exact) mass is 522 g/mol. The number of nitrogens with one attached hydrogen (secondary N) is 3. The lowest BCUT2D eigenvalue weighted by Gasteiger charge is -2.31. The van der Waals surface area contributed by atoms with Crippen LogP contribution in [0.2, 0.25) is 0 Å². The summed E-state index contributed by atoms with van der Waals surface area (Å²) in [7, 11) is 0. The van der Waals surface area contributed by atoms with E-state index in [2.05, 4.69) is 41.9 Å². The summed E-state index contributed by atoms with van der Waals surface area (Å²) >= 11 is 0. The summed E-state index contributed by atoms with van der Waals surface area (Å²) in [6.45, 7) is 13.0. The van der Waals surface area contributed by atoms with Crippen molar-refractivity contribution in [2.45, 2.75) is 78.8 Å². The molecule has 1 aliphatic rings. The molecule has 0 aromatic heterocycles. The van der Waals surface area contributed by atoms with Gasteiger partial charge in [-0.3, -0.25) is 14.4 Å². The zero-order valence-corrected chi connectivity index (χ0v) is 23.8. The van der Waals surface area contributed by atoms with Crippen LogP contribution in [0.25, 0.3) is 10.8 Å². The Morgan fingerprint density at radius 1 is 1.00 bits per heavy atom. The zero-order chi connectivity index (χ0) is 27.7. The van der Waals surface area contributed by atoms with Crippen LogP contribution in [0.15, 0.2) is 42.5 Å². The Hall–Kier alpha value is -2.93. The van der Waals surface area contributed by atoms with Gasteiger partial charge in [0.25, 0.3) is 0 Å². The van der Waals surface area contributed by atoms with E-state index in [1.807, 2.05) is 51.1 Å². The van der Waals surface area contributed by atoms with E-state index in [0.29, 0.717) is 31.8 Å². The maximum atomic E-state index is 13.4. The third kappa shape index (κ3) is 8.55. The molecule has 2 aromatic carbocycles. The number of rotatable bonds is 12. The minimum absolute atomic E-state index is 0.0308. The van der Waals surface area contributed by atoms with Crippen LogP contribution in [-0.2, 0) is 20.8 Å². The summed E-state index contributed by atoms with van der Waals surface area (Å²) in [6, 6.07) is 13.0. The van der Waals surface area contributed by atoms with Crippen LogP contribution >= 0.6 is 0 Å². The zero-order valence-electron chi connectivity index (χ0n) is 23.8. The van der Waals surface area contributed by atoms with Gasteiger partial charge in [0.1, 0.15) is 12.1 Å². The molecule has 3 N–H and O–H groups in total. The van der Waals surface area contributed by atoms with Crippen LogP contribution in [0.1, 0.15) is 65.9 Å². The molecule has 38 heavy (non-hydrogen) atoms. The molecule has 3 rings (SSSR count). The van der Waals surface area contributed by atoms with Gasteiger partial charge in [-0.2, -0.15) is 0 Å². The van der Waals surface area contributed by atoms with E-state index in [-0.39, 0.29) is 17.7 Å². The minimum atomic E-state index is -0.713. The van der Waals surface area contributed by atoms with Crippen molar-refractivity contribution in [2.24, 2.45) is 11.3 Å². The van der Waals surface area contributed by atoms with Crippen molar-refractivity contribution in [2.75, 3.05) is 26.2 Å². The van der Waals surface area contributed by atoms with Crippen LogP contribution in [0.5, 0.6) is 0 Å². The van der Waals surface area contributed by atoms with Crippen molar-refractivity contribution in [3.05, 3.63) is 48.0 Å². The fourth-order valence-corrected chi connectivity index (χ4v) is 4.89. The first-order valence-corrected chi connectivity index (χ1v) is 14.1. The lowest BCUT2D eigenvalue weighted by atomic mass is 9.94. The SMILES string of the molecule is CC(C)CNCCCCNC(=O)C(Cc1ccc2ccccc2c1)NC(=O)C1CCCN1C(=O)C(C)(C)C. The number of amides is 3. The average Bonchev–Trinajstić information content (AvgIpc) is 3.36. The summed E-state index contributed by atoms with van der Waals surface area (Å²) in [5.74, 6) is 0.146. The Morgan fingerprint density at radius 3 is 2.42 bits per heavy atom. The van der Waals surface area contributed by atoms with E-state index in [1.165, 1.54) is 0 Å². The molecule has 1 heterocycles. The van der Waals surface area contributed by atoms with Gasteiger partial charge in [-0.1, -0.05) is 77.1 Å². The van der Waals surface area contributed by atoms with Gasteiger partial charge in [0, 0.05) is 24.9 Å². The second kappa shape index (κ2) is 13.7. The van der Waals surface area contributed by atoms with Crippen molar-refractivity contribution in [3.8, 4) is 0 Å². The lowest BCUT2D eigenvalue weighted by molar-refractivity contribution is -0.145. The molecule has 208 valence electrons. The number of hydrogen-bond donors (Lipinski definition) is 3. The topological polar surface area (TPSA) is 90.5 Å². The van der Waals surface area contributed by atoms with Crippen molar-refractivity contribution in [3.63, 3.8) is 0 Å². The number of fused-ring (bicyclic) bond motifs is 1. The molecule has 1 saturated heterocycles. The molecule has 2 atom stereocenters. The van der Waals surface area contributed by atoms with Crippen LogP contribution in [0.3, 0.4) is 0 Å². The molecule has 7 heteroatoms. The number of carbonyl (C=O) groups excluding carboxylic acids is 3. The van der Waals surface area contributed by atoms with Gasteiger partial charge in [0.15, 0.2) is 0 Å². The number of hydrogen-bond acceptors (Lipinski definition) is 4. The maximum absolute atomic E-state index is 13.4. The molecule has 0 aliphatic carbocycles. The van der Waals surface area contributed by atoms with E-state index in [0.717, 1.165) is 48.7 Å².